The van der Waals surface area contributed by atoms with E-state index in [0.717, 1.165) is 19.0 Å². The molecule has 1 heterocycles. The highest BCUT2D eigenvalue weighted by molar-refractivity contribution is 9.11. The number of nitrogens with zero attached hydrogens (tertiary/aromatic N) is 2. The Morgan fingerprint density at radius 3 is 2.50 bits per heavy atom. The van der Waals surface area contributed by atoms with E-state index in [-0.39, 0.29) is 12.5 Å². The number of carbonyl (C=O) groups is 1. The first-order valence-electron chi connectivity index (χ1n) is 6.05. The number of amides is 1. The number of carbonyl (C=O) groups excluding carboxylic acids is 1. The van der Waals surface area contributed by atoms with Gasteiger partial charge in [0.15, 0.2) is 6.61 Å². The summed E-state index contributed by atoms with van der Waals surface area (Å²) in [7, 11) is 0. The number of pyridine rings is 1. The van der Waals surface area contributed by atoms with E-state index >= 15 is 0 Å². The first-order valence-corrected chi connectivity index (χ1v) is 8.43. The van der Waals surface area contributed by atoms with Crippen molar-refractivity contribution in [3.05, 3.63) is 55.6 Å². The van der Waals surface area contributed by atoms with Crippen LogP contribution in [0.4, 0.5) is 0 Å². The number of hydrazone groups is 1. The molecule has 0 aliphatic heterocycles. The third kappa shape index (κ3) is 5.19. The van der Waals surface area contributed by atoms with Crippen molar-refractivity contribution in [2.24, 2.45) is 5.10 Å². The smallest absolute Gasteiger partial charge is 0.277 e. The van der Waals surface area contributed by atoms with Crippen molar-refractivity contribution in [1.82, 2.24) is 10.4 Å². The van der Waals surface area contributed by atoms with E-state index in [2.05, 4.69) is 63.3 Å². The summed E-state index contributed by atoms with van der Waals surface area (Å²) in [5.74, 6) is 0.198. The number of ether oxygens (including phenoxy) is 1. The zero-order chi connectivity index (χ0) is 15.9. The number of nitrogens with one attached hydrogen (secondary N) is 1. The second-order valence-corrected chi connectivity index (χ2v) is 6.69. The molecule has 5 nitrogen and oxygen atoms in total. The Morgan fingerprint density at radius 1 is 1.23 bits per heavy atom. The second-order valence-electron chi connectivity index (χ2n) is 4.06. The minimum Gasteiger partial charge on any atom is -0.481 e. The molecule has 2 rings (SSSR count). The fourth-order valence-electron chi connectivity index (χ4n) is 1.47. The van der Waals surface area contributed by atoms with Crippen LogP contribution in [0.15, 0.2) is 55.2 Å². The molecule has 1 aromatic heterocycles. The number of rotatable bonds is 5. The van der Waals surface area contributed by atoms with Gasteiger partial charge >= 0.3 is 0 Å². The summed E-state index contributed by atoms with van der Waals surface area (Å²) in [5, 5.41) is 3.85. The Balaban J connectivity index is 1.87. The van der Waals surface area contributed by atoms with Crippen LogP contribution in [0.3, 0.4) is 0 Å². The minimum atomic E-state index is -0.355. The van der Waals surface area contributed by atoms with Gasteiger partial charge in [-0.05, 0) is 61.7 Å². The number of benzene rings is 1. The van der Waals surface area contributed by atoms with Crippen LogP contribution in [-0.4, -0.2) is 23.7 Å². The van der Waals surface area contributed by atoms with Crippen molar-refractivity contribution in [2.45, 2.75) is 0 Å². The van der Waals surface area contributed by atoms with Gasteiger partial charge in [0, 0.05) is 16.9 Å². The molecule has 0 unspecified atom stereocenters. The molecule has 114 valence electrons. The fourth-order valence-corrected chi connectivity index (χ4v) is 3.95. The van der Waals surface area contributed by atoms with Crippen molar-refractivity contribution in [3.63, 3.8) is 0 Å². The van der Waals surface area contributed by atoms with Crippen molar-refractivity contribution in [3.8, 4) is 5.75 Å². The van der Waals surface area contributed by atoms with Crippen LogP contribution < -0.4 is 10.2 Å². The molecule has 0 aliphatic rings. The maximum absolute atomic E-state index is 11.7. The molecule has 0 spiro atoms. The van der Waals surface area contributed by atoms with Gasteiger partial charge in [-0.3, -0.25) is 9.78 Å². The third-order valence-electron chi connectivity index (χ3n) is 2.42. The standard InChI is InChI=1S/C14H10Br3N3O2/c15-10-5-11(16)14(12(17)6-10)22-8-13(21)20-19-7-9-1-3-18-4-2-9/h1-7H,8H2,(H,20,21)/b19-7-. The lowest BCUT2D eigenvalue weighted by Crippen LogP contribution is -2.24. The van der Waals surface area contributed by atoms with Gasteiger partial charge in [-0.25, -0.2) is 5.43 Å². The Hall–Kier alpha value is -1.25. The molecule has 0 radical (unpaired) electrons. The van der Waals surface area contributed by atoms with Crippen LogP contribution in [0, 0.1) is 0 Å². The zero-order valence-electron chi connectivity index (χ0n) is 11.1. The summed E-state index contributed by atoms with van der Waals surface area (Å²) >= 11 is 10.1. The molecule has 1 N–H and O–H groups in total. The highest BCUT2D eigenvalue weighted by Gasteiger charge is 2.10. The maximum atomic E-state index is 11.7. The van der Waals surface area contributed by atoms with Crippen LogP contribution in [0.25, 0.3) is 0 Å². The summed E-state index contributed by atoms with van der Waals surface area (Å²) in [4.78, 5) is 15.6. The molecule has 0 fully saturated rings. The third-order valence-corrected chi connectivity index (χ3v) is 4.06. The Morgan fingerprint density at radius 2 is 1.86 bits per heavy atom. The number of hydrogen-bond donors (Lipinski definition) is 1. The molecule has 1 aromatic carbocycles. The predicted molar refractivity (Wildman–Crippen MR) is 95.0 cm³/mol. The van der Waals surface area contributed by atoms with E-state index in [4.69, 9.17) is 4.74 Å². The second kappa shape index (κ2) is 8.40. The van der Waals surface area contributed by atoms with E-state index in [0.29, 0.717) is 5.75 Å². The lowest BCUT2D eigenvalue weighted by Gasteiger charge is -2.09. The Kier molecular flexibility index (Phi) is 6.53. The molecular weight excluding hydrogens is 482 g/mol. The molecule has 8 heteroatoms. The van der Waals surface area contributed by atoms with Gasteiger partial charge in [-0.2, -0.15) is 5.10 Å². The van der Waals surface area contributed by atoms with Crippen molar-refractivity contribution >= 4 is 59.9 Å². The average molecular weight is 492 g/mol. The van der Waals surface area contributed by atoms with Crippen LogP contribution in [0.2, 0.25) is 0 Å². The quantitative estimate of drug-likeness (QED) is 0.509. The van der Waals surface area contributed by atoms with Crippen molar-refractivity contribution in [1.29, 1.82) is 0 Å². The number of halogens is 3. The molecule has 22 heavy (non-hydrogen) atoms. The Labute approximate surface area is 152 Å². The van der Waals surface area contributed by atoms with Gasteiger partial charge in [0.2, 0.25) is 0 Å². The van der Waals surface area contributed by atoms with Crippen LogP contribution >= 0.6 is 47.8 Å². The molecule has 1 amide bonds. The molecule has 2 aromatic rings. The molecule has 0 saturated heterocycles. The van der Waals surface area contributed by atoms with E-state index in [1.807, 2.05) is 12.1 Å². The van der Waals surface area contributed by atoms with E-state index < -0.39 is 0 Å². The van der Waals surface area contributed by atoms with E-state index in [1.165, 1.54) is 6.21 Å². The lowest BCUT2D eigenvalue weighted by atomic mass is 10.3. The minimum absolute atomic E-state index is 0.146. The first kappa shape index (κ1) is 17.1. The van der Waals surface area contributed by atoms with Gasteiger partial charge in [0.25, 0.3) is 5.91 Å². The predicted octanol–water partition coefficient (Wildman–Crippen LogP) is 3.90. The molecule has 0 bridgehead atoms. The monoisotopic (exact) mass is 489 g/mol. The summed E-state index contributed by atoms with van der Waals surface area (Å²) in [6.45, 7) is -0.146. The number of aromatic nitrogens is 1. The summed E-state index contributed by atoms with van der Waals surface area (Å²) in [6.07, 6.45) is 4.83. The van der Waals surface area contributed by atoms with Crippen molar-refractivity contribution < 1.29 is 9.53 Å². The Bertz CT molecular complexity index is 670. The van der Waals surface area contributed by atoms with Gasteiger partial charge in [-0.1, -0.05) is 15.9 Å². The number of hydrogen-bond acceptors (Lipinski definition) is 4. The normalized spacial score (nSPS) is 10.7. The highest BCUT2D eigenvalue weighted by Crippen LogP contribution is 2.36. The highest BCUT2D eigenvalue weighted by atomic mass is 79.9. The van der Waals surface area contributed by atoms with E-state index in [9.17, 15) is 4.79 Å². The molecule has 0 aliphatic carbocycles. The fraction of sp³-hybridized carbons (Fsp3) is 0.0714. The van der Waals surface area contributed by atoms with Gasteiger partial charge in [0.05, 0.1) is 15.2 Å². The van der Waals surface area contributed by atoms with Crippen molar-refractivity contribution in [2.75, 3.05) is 6.61 Å². The topological polar surface area (TPSA) is 63.6 Å². The van der Waals surface area contributed by atoms with Gasteiger partial charge in [-0.15, -0.1) is 0 Å². The van der Waals surface area contributed by atoms with Gasteiger partial charge in [0.1, 0.15) is 5.75 Å². The molecule has 0 atom stereocenters. The van der Waals surface area contributed by atoms with E-state index in [1.54, 1.807) is 24.5 Å². The van der Waals surface area contributed by atoms with Crippen LogP contribution in [0.5, 0.6) is 5.75 Å². The lowest BCUT2D eigenvalue weighted by molar-refractivity contribution is -0.123. The molecular formula is C14H10Br3N3O2. The average Bonchev–Trinajstić information content (AvgIpc) is 2.47. The zero-order valence-corrected chi connectivity index (χ0v) is 15.9. The first-order chi connectivity index (χ1) is 10.6. The maximum Gasteiger partial charge on any atom is 0.277 e. The summed E-state index contributed by atoms with van der Waals surface area (Å²) in [6, 6.07) is 7.23. The van der Waals surface area contributed by atoms with Gasteiger partial charge < -0.3 is 4.74 Å². The summed E-state index contributed by atoms with van der Waals surface area (Å²) in [5.41, 5.74) is 3.24. The largest absolute Gasteiger partial charge is 0.481 e. The SMILES string of the molecule is O=C(COc1c(Br)cc(Br)cc1Br)N/N=C\c1ccncc1. The molecule has 0 saturated carbocycles. The van der Waals surface area contributed by atoms with Crippen LogP contribution in [0.1, 0.15) is 5.56 Å². The summed E-state index contributed by atoms with van der Waals surface area (Å²) < 4.78 is 7.85. The van der Waals surface area contributed by atoms with Crippen LogP contribution in [-0.2, 0) is 4.79 Å².